The van der Waals surface area contributed by atoms with Gasteiger partial charge in [-0.25, -0.2) is 0 Å². The number of nitrogens with one attached hydrogen (secondary N) is 1. The van der Waals surface area contributed by atoms with Crippen LogP contribution in [-0.2, 0) is 4.79 Å². The Kier molecular flexibility index (Phi) is 10.4. The van der Waals surface area contributed by atoms with E-state index in [1.807, 2.05) is 18.9 Å². The van der Waals surface area contributed by atoms with Gasteiger partial charge in [0.2, 0.25) is 0 Å². The van der Waals surface area contributed by atoms with Crippen molar-refractivity contribution in [3.63, 3.8) is 0 Å². The molecule has 2 heterocycles. The van der Waals surface area contributed by atoms with Crippen molar-refractivity contribution in [3.8, 4) is 6.07 Å². The van der Waals surface area contributed by atoms with Crippen molar-refractivity contribution in [3.05, 3.63) is 53.6 Å². The standard InChI is InChI=1S/C27H32N4O.C5H10.CH2O/c28-17-25-24-13-12-23(30-14-4-1-5-15-30)16-27(24)31(22-6-2-3-7-22)18-26(25)20-8-10-21(11-9-20)29-19-32;1-2-5-3-4-5;1-2/h8-13,16,22,29,32H,1-7,14-15,18-19H2;5H,2-4H2,1H3;1H2. The summed E-state index contributed by atoms with van der Waals surface area (Å²) in [6.45, 7) is 7.20. The molecular formula is C33H44N4O2. The van der Waals surface area contributed by atoms with E-state index in [0.717, 1.165) is 53.5 Å². The number of anilines is 3. The van der Waals surface area contributed by atoms with E-state index in [2.05, 4.69) is 58.4 Å². The van der Waals surface area contributed by atoms with Gasteiger partial charge in [-0.2, -0.15) is 5.26 Å². The first kappa shape index (κ1) is 28.7. The Morgan fingerprint density at radius 2 is 1.67 bits per heavy atom. The lowest BCUT2D eigenvalue weighted by atomic mass is 9.88. The number of carbonyl (C=O) groups is 1. The van der Waals surface area contributed by atoms with Crippen molar-refractivity contribution in [2.75, 3.05) is 41.5 Å². The molecule has 0 atom stereocenters. The minimum atomic E-state index is -0.0896. The molecule has 1 saturated heterocycles. The van der Waals surface area contributed by atoms with Crippen molar-refractivity contribution in [1.82, 2.24) is 0 Å². The number of aliphatic hydroxyl groups is 1. The normalized spacial score (nSPS) is 18.8. The zero-order chi connectivity index (χ0) is 27.6. The van der Waals surface area contributed by atoms with E-state index < -0.39 is 0 Å². The average Bonchev–Trinajstić information content (AvgIpc) is 3.70. The molecule has 2 aromatic carbocycles. The van der Waals surface area contributed by atoms with Crippen molar-refractivity contribution in [1.29, 1.82) is 5.26 Å². The maximum absolute atomic E-state index is 10.2. The smallest absolute Gasteiger partial charge is 0.113 e. The van der Waals surface area contributed by atoms with Crippen molar-refractivity contribution >= 4 is 35.0 Å². The summed E-state index contributed by atoms with van der Waals surface area (Å²) >= 11 is 0. The Labute approximate surface area is 234 Å². The fraction of sp³-hybridized carbons (Fsp3) is 0.515. The topological polar surface area (TPSA) is 79.6 Å². The van der Waals surface area contributed by atoms with E-state index in [4.69, 9.17) is 9.90 Å². The quantitative estimate of drug-likeness (QED) is 0.399. The number of rotatable bonds is 6. The van der Waals surface area contributed by atoms with E-state index >= 15 is 0 Å². The number of allylic oxidation sites excluding steroid dienone is 1. The Balaban J connectivity index is 0.000000447. The Morgan fingerprint density at radius 1 is 0.974 bits per heavy atom. The minimum absolute atomic E-state index is 0.0896. The van der Waals surface area contributed by atoms with Crippen LogP contribution in [0.2, 0.25) is 0 Å². The highest BCUT2D eigenvalue weighted by Gasteiger charge is 2.32. The summed E-state index contributed by atoms with van der Waals surface area (Å²) in [5.74, 6) is 1.13. The molecule has 0 unspecified atom stereocenters. The SMILES string of the molecule is C=O.CCC1CC1.N#CC1=C(c2ccc(NCO)cc2)CN(C2CCCC2)c2cc(N3CCCCC3)ccc21. The van der Waals surface area contributed by atoms with Gasteiger partial charge in [0.1, 0.15) is 19.6 Å². The second-order valence-electron chi connectivity index (χ2n) is 11.0. The third kappa shape index (κ3) is 7.02. The molecule has 2 aliphatic carbocycles. The van der Waals surface area contributed by atoms with Crippen LogP contribution in [0.15, 0.2) is 42.5 Å². The second kappa shape index (κ2) is 14.2. The van der Waals surface area contributed by atoms with Crippen LogP contribution in [0.25, 0.3) is 11.1 Å². The van der Waals surface area contributed by atoms with E-state index in [1.165, 1.54) is 75.6 Å². The number of hydrogen-bond acceptors (Lipinski definition) is 6. The van der Waals surface area contributed by atoms with Crippen LogP contribution >= 0.6 is 0 Å². The number of nitrogens with zero attached hydrogens (tertiary/aromatic N) is 3. The number of benzene rings is 2. The van der Waals surface area contributed by atoms with Crippen LogP contribution in [0, 0.1) is 17.2 Å². The Morgan fingerprint density at radius 3 is 2.23 bits per heavy atom. The van der Waals surface area contributed by atoms with Crippen LogP contribution < -0.4 is 15.1 Å². The molecule has 0 bridgehead atoms. The zero-order valence-corrected chi connectivity index (χ0v) is 23.5. The van der Waals surface area contributed by atoms with Gasteiger partial charge >= 0.3 is 0 Å². The molecule has 4 aliphatic rings. The fourth-order valence-corrected chi connectivity index (χ4v) is 6.13. The molecule has 2 saturated carbocycles. The lowest BCUT2D eigenvalue weighted by molar-refractivity contribution is -0.0980. The number of carbonyl (C=O) groups excluding carboxylic acids is 1. The van der Waals surface area contributed by atoms with E-state index in [1.54, 1.807) is 0 Å². The summed E-state index contributed by atoms with van der Waals surface area (Å²) in [7, 11) is 0. The van der Waals surface area contributed by atoms with Gasteiger partial charge in [0.25, 0.3) is 0 Å². The maximum atomic E-state index is 10.2. The van der Waals surface area contributed by atoms with Crippen LogP contribution in [0.5, 0.6) is 0 Å². The lowest BCUT2D eigenvalue weighted by Gasteiger charge is -2.39. The van der Waals surface area contributed by atoms with Gasteiger partial charge in [0, 0.05) is 48.3 Å². The molecule has 0 amide bonds. The van der Waals surface area contributed by atoms with Crippen LogP contribution in [0.4, 0.5) is 17.1 Å². The molecule has 6 heteroatoms. The zero-order valence-electron chi connectivity index (χ0n) is 23.5. The highest BCUT2D eigenvalue weighted by molar-refractivity contribution is 6.04. The van der Waals surface area contributed by atoms with Gasteiger partial charge in [-0.1, -0.05) is 51.2 Å². The van der Waals surface area contributed by atoms with Gasteiger partial charge < -0.3 is 25.0 Å². The summed E-state index contributed by atoms with van der Waals surface area (Å²) in [5.41, 5.74) is 7.46. The molecule has 0 radical (unpaired) electrons. The van der Waals surface area contributed by atoms with E-state index in [0.29, 0.717) is 6.04 Å². The predicted molar refractivity (Wildman–Crippen MR) is 162 cm³/mol. The summed E-state index contributed by atoms with van der Waals surface area (Å²) < 4.78 is 0. The molecule has 2 N–H and O–H groups in total. The van der Waals surface area contributed by atoms with Crippen LogP contribution in [0.3, 0.4) is 0 Å². The van der Waals surface area contributed by atoms with Gasteiger partial charge in [0.05, 0.1) is 5.57 Å². The first-order chi connectivity index (χ1) is 19.2. The van der Waals surface area contributed by atoms with Gasteiger partial charge in [-0.3, -0.25) is 0 Å². The third-order valence-electron chi connectivity index (χ3n) is 8.58. The van der Waals surface area contributed by atoms with Gasteiger partial charge in [-0.15, -0.1) is 0 Å². The van der Waals surface area contributed by atoms with Crippen LogP contribution in [0.1, 0.15) is 82.3 Å². The van der Waals surface area contributed by atoms with Crippen molar-refractivity contribution in [2.45, 2.75) is 77.2 Å². The molecular weight excluding hydrogens is 484 g/mol. The Hall–Kier alpha value is -3.30. The largest absolute Gasteiger partial charge is 0.377 e. The number of nitriles is 1. The van der Waals surface area contributed by atoms with Crippen molar-refractivity contribution in [2.24, 2.45) is 5.92 Å². The molecule has 208 valence electrons. The first-order valence-corrected chi connectivity index (χ1v) is 14.7. The molecule has 6 rings (SSSR count). The summed E-state index contributed by atoms with van der Waals surface area (Å²) in [4.78, 5) is 13.1. The highest BCUT2D eigenvalue weighted by Crippen LogP contribution is 2.43. The number of hydrogen-bond donors (Lipinski definition) is 2. The molecule has 2 aromatic rings. The molecule has 39 heavy (non-hydrogen) atoms. The molecule has 6 nitrogen and oxygen atoms in total. The second-order valence-corrected chi connectivity index (χ2v) is 11.0. The molecule has 3 fully saturated rings. The number of fused-ring (bicyclic) bond motifs is 1. The predicted octanol–water partition coefficient (Wildman–Crippen LogP) is 6.86. The maximum Gasteiger partial charge on any atom is 0.113 e. The number of aliphatic hydroxyl groups excluding tert-OH is 1. The number of piperidine rings is 1. The molecule has 2 aliphatic heterocycles. The van der Waals surface area contributed by atoms with Gasteiger partial charge in [-0.05, 0) is 79.5 Å². The average molecular weight is 529 g/mol. The summed E-state index contributed by atoms with van der Waals surface area (Å²) in [6.07, 6.45) is 13.3. The van der Waals surface area contributed by atoms with E-state index in [9.17, 15) is 5.26 Å². The van der Waals surface area contributed by atoms with Crippen molar-refractivity contribution < 1.29 is 9.90 Å². The minimum Gasteiger partial charge on any atom is -0.377 e. The third-order valence-corrected chi connectivity index (χ3v) is 8.58. The summed E-state index contributed by atoms with van der Waals surface area (Å²) in [5, 5.41) is 22.3. The van der Waals surface area contributed by atoms with Gasteiger partial charge in [0.15, 0.2) is 0 Å². The molecule has 0 aromatic heterocycles. The van der Waals surface area contributed by atoms with Crippen LogP contribution in [-0.4, -0.2) is 44.3 Å². The van der Waals surface area contributed by atoms with E-state index in [-0.39, 0.29) is 6.73 Å². The molecule has 0 spiro atoms. The lowest BCUT2D eigenvalue weighted by Crippen LogP contribution is -2.38. The fourth-order valence-electron chi connectivity index (χ4n) is 6.13. The summed E-state index contributed by atoms with van der Waals surface area (Å²) in [6, 6.07) is 17.9. The first-order valence-electron chi connectivity index (χ1n) is 14.7. The highest BCUT2D eigenvalue weighted by atomic mass is 16.3. The monoisotopic (exact) mass is 528 g/mol. The Bertz CT molecular complexity index is 1140.